The van der Waals surface area contributed by atoms with E-state index >= 15 is 0 Å². The molecule has 3 aromatic carbocycles. The van der Waals surface area contributed by atoms with Crippen molar-refractivity contribution in [3.63, 3.8) is 0 Å². The summed E-state index contributed by atoms with van der Waals surface area (Å²) >= 11 is 0. The molecular formula is C36H33N3O3. The van der Waals surface area contributed by atoms with Gasteiger partial charge in [0.2, 0.25) is 5.91 Å². The first-order valence-corrected chi connectivity index (χ1v) is 15.1. The van der Waals surface area contributed by atoms with E-state index in [1.165, 1.54) is 33.0 Å². The summed E-state index contributed by atoms with van der Waals surface area (Å²) in [5.41, 5.74) is 16.3. The fraction of sp³-hybridized carbons (Fsp3) is 0.306. The number of aliphatic imine (C=N–C) groups is 1. The van der Waals surface area contributed by atoms with Crippen LogP contribution in [0.1, 0.15) is 68.9 Å². The number of morpholine rings is 1. The van der Waals surface area contributed by atoms with E-state index in [0.717, 1.165) is 41.7 Å². The molecule has 2 atom stereocenters. The minimum Gasteiger partial charge on any atom is -0.378 e. The molecule has 0 spiro atoms. The Kier molecular flexibility index (Phi) is 6.00. The van der Waals surface area contributed by atoms with Crippen LogP contribution in [-0.2, 0) is 22.4 Å². The molecule has 0 aromatic heterocycles. The maximum absolute atomic E-state index is 14.0. The number of allylic oxidation sites excluding steroid dienone is 5. The molecule has 1 saturated heterocycles. The van der Waals surface area contributed by atoms with Crippen LogP contribution in [0.3, 0.4) is 0 Å². The van der Waals surface area contributed by atoms with E-state index < -0.39 is 5.91 Å². The number of primary amides is 1. The Balaban J connectivity index is 1.30. The summed E-state index contributed by atoms with van der Waals surface area (Å²) in [5, 5.41) is 2.53. The molecule has 8 rings (SSSR count). The zero-order chi connectivity index (χ0) is 28.4. The SMILES string of the molecule is NC(=O)c1cc(C2CC(C(=O)N3CCOCC3)Cc3c2ccc2c4c(ccc32)C=CCC4)cc2c1N=C1CC=CC=C12. The number of nitrogens with zero attached hydrogens (tertiary/aromatic N) is 2. The van der Waals surface area contributed by atoms with Crippen LogP contribution in [0.5, 0.6) is 0 Å². The molecular weight excluding hydrogens is 522 g/mol. The molecule has 1 fully saturated rings. The van der Waals surface area contributed by atoms with Crippen LogP contribution in [0.15, 0.2) is 65.7 Å². The second-order valence-electron chi connectivity index (χ2n) is 12.0. The molecule has 0 bridgehead atoms. The number of amides is 2. The largest absolute Gasteiger partial charge is 0.378 e. The summed E-state index contributed by atoms with van der Waals surface area (Å²) in [5.74, 6) is -0.471. The first-order valence-electron chi connectivity index (χ1n) is 15.1. The van der Waals surface area contributed by atoms with Crippen LogP contribution in [0.4, 0.5) is 5.69 Å². The lowest BCUT2D eigenvalue weighted by Crippen LogP contribution is -2.45. The van der Waals surface area contributed by atoms with Gasteiger partial charge in [-0.2, -0.15) is 0 Å². The van der Waals surface area contributed by atoms with Crippen molar-refractivity contribution < 1.29 is 14.3 Å². The molecule has 2 unspecified atom stereocenters. The normalized spacial score (nSPS) is 22.1. The third-order valence-corrected chi connectivity index (χ3v) is 9.73. The number of hydrogen-bond donors (Lipinski definition) is 1. The van der Waals surface area contributed by atoms with Gasteiger partial charge in [-0.1, -0.05) is 54.6 Å². The van der Waals surface area contributed by atoms with Gasteiger partial charge in [-0.3, -0.25) is 14.6 Å². The number of ether oxygens (including phenoxy) is 1. The molecule has 42 heavy (non-hydrogen) atoms. The van der Waals surface area contributed by atoms with Crippen LogP contribution < -0.4 is 5.73 Å². The van der Waals surface area contributed by atoms with E-state index in [4.69, 9.17) is 15.5 Å². The van der Waals surface area contributed by atoms with Crippen LogP contribution >= 0.6 is 0 Å². The number of aryl methyl sites for hydroxylation is 1. The lowest BCUT2D eigenvalue weighted by molar-refractivity contribution is -0.140. The lowest BCUT2D eigenvalue weighted by Gasteiger charge is -2.36. The maximum Gasteiger partial charge on any atom is 0.250 e. The number of benzene rings is 3. The molecule has 2 N–H and O–H groups in total. The molecule has 2 amide bonds. The van der Waals surface area contributed by atoms with Gasteiger partial charge >= 0.3 is 0 Å². The summed E-state index contributed by atoms with van der Waals surface area (Å²) in [7, 11) is 0. The van der Waals surface area contributed by atoms with Crippen molar-refractivity contribution in [1.82, 2.24) is 4.90 Å². The van der Waals surface area contributed by atoms with Crippen molar-refractivity contribution in [1.29, 1.82) is 0 Å². The summed E-state index contributed by atoms with van der Waals surface area (Å²) in [6.07, 6.45) is 14.9. The van der Waals surface area contributed by atoms with Crippen LogP contribution in [0.2, 0.25) is 0 Å². The number of hydrogen-bond acceptors (Lipinski definition) is 4. The van der Waals surface area contributed by atoms with Gasteiger partial charge in [0.15, 0.2) is 0 Å². The van der Waals surface area contributed by atoms with Gasteiger partial charge in [0.25, 0.3) is 5.91 Å². The van der Waals surface area contributed by atoms with Gasteiger partial charge in [0, 0.05) is 42.5 Å². The summed E-state index contributed by atoms with van der Waals surface area (Å²) in [6, 6.07) is 13.2. The zero-order valence-electron chi connectivity index (χ0n) is 23.6. The average molecular weight is 556 g/mol. The molecule has 210 valence electrons. The number of nitrogens with two attached hydrogens (primary N) is 1. The van der Waals surface area contributed by atoms with Crippen molar-refractivity contribution in [2.24, 2.45) is 16.6 Å². The van der Waals surface area contributed by atoms with Crippen molar-refractivity contribution in [2.45, 2.75) is 38.0 Å². The van der Waals surface area contributed by atoms with Crippen molar-refractivity contribution >= 4 is 45.6 Å². The highest BCUT2D eigenvalue weighted by Gasteiger charge is 2.37. The minimum atomic E-state index is -0.472. The number of rotatable bonds is 3. The molecule has 2 heterocycles. The summed E-state index contributed by atoms with van der Waals surface area (Å²) < 4.78 is 5.55. The smallest absolute Gasteiger partial charge is 0.250 e. The van der Waals surface area contributed by atoms with Gasteiger partial charge in [0.1, 0.15) is 0 Å². The van der Waals surface area contributed by atoms with E-state index in [0.29, 0.717) is 50.4 Å². The Morgan fingerprint density at radius 1 is 1.00 bits per heavy atom. The van der Waals surface area contributed by atoms with Crippen LogP contribution in [0.25, 0.3) is 22.4 Å². The quantitative estimate of drug-likeness (QED) is 0.438. The van der Waals surface area contributed by atoms with E-state index in [2.05, 4.69) is 60.7 Å². The monoisotopic (exact) mass is 555 g/mol. The Hall–Kier alpha value is -4.29. The Labute approximate surface area is 245 Å². The van der Waals surface area contributed by atoms with Gasteiger partial charge in [-0.05, 0) is 76.4 Å². The molecule has 6 heteroatoms. The fourth-order valence-electron chi connectivity index (χ4n) is 7.69. The van der Waals surface area contributed by atoms with E-state index in [-0.39, 0.29) is 17.7 Å². The number of fused-ring (bicyclic) bond motifs is 8. The second-order valence-corrected chi connectivity index (χ2v) is 12.0. The third-order valence-electron chi connectivity index (χ3n) is 9.73. The summed E-state index contributed by atoms with van der Waals surface area (Å²) in [4.78, 5) is 33.6. The van der Waals surface area contributed by atoms with Gasteiger partial charge < -0.3 is 15.4 Å². The average Bonchev–Trinajstić information content (AvgIpc) is 3.42. The molecule has 3 aliphatic carbocycles. The van der Waals surface area contributed by atoms with E-state index in [1.54, 1.807) is 0 Å². The topological polar surface area (TPSA) is 85.0 Å². The third kappa shape index (κ3) is 4.00. The Morgan fingerprint density at radius 3 is 2.69 bits per heavy atom. The predicted molar refractivity (Wildman–Crippen MR) is 166 cm³/mol. The number of carbonyl (C=O) groups is 2. The van der Waals surface area contributed by atoms with Gasteiger partial charge in [-0.25, -0.2) is 0 Å². The molecule has 6 nitrogen and oxygen atoms in total. The molecule has 0 radical (unpaired) electrons. The second kappa shape index (κ2) is 9.92. The highest BCUT2D eigenvalue weighted by molar-refractivity contribution is 6.31. The molecule has 5 aliphatic rings. The molecule has 0 saturated carbocycles. The molecule has 3 aromatic rings. The predicted octanol–water partition coefficient (Wildman–Crippen LogP) is 5.88. The summed E-state index contributed by atoms with van der Waals surface area (Å²) in [6.45, 7) is 2.43. The Bertz CT molecular complexity index is 1810. The number of carbonyl (C=O) groups excluding carboxylic acids is 2. The highest BCUT2D eigenvalue weighted by Crippen LogP contribution is 2.47. The van der Waals surface area contributed by atoms with Crippen LogP contribution in [-0.4, -0.2) is 48.7 Å². The zero-order valence-corrected chi connectivity index (χ0v) is 23.6. The lowest BCUT2D eigenvalue weighted by atomic mass is 9.71. The van der Waals surface area contributed by atoms with Crippen molar-refractivity contribution in [3.05, 3.63) is 99.6 Å². The molecule has 2 aliphatic heterocycles. The van der Waals surface area contributed by atoms with Crippen LogP contribution in [0, 0.1) is 5.92 Å². The van der Waals surface area contributed by atoms with Gasteiger partial charge in [0.05, 0.1) is 30.2 Å². The maximum atomic E-state index is 14.0. The van der Waals surface area contributed by atoms with E-state index in [9.17, 15) is 9.59 Å². The fourth-order valence-corrected chi connectivity index (χ4v) is 7.69. The first-order chi connectivity index (χ1) is 20.6. The van der Waals surface area contributed by atoms with Gasteiger partial charge in [-0.15, -0.1) is 0 Å². The minimum absolute atomic E-state index is 0.0451. The standard InChI is InChI=1S/C36H33N3O3/c37-35(40)32-18-22(17-31-28-7-3-4-8-33(28)38-34(31)32)29-19-23(36(41)39-13-15-42-16-14-39)20-30-26-10-9-21-5-1-2-6-24(21)25(26)11-12-27(29)30/h1,3-5,7,9-12,17-18,23,29H,2,6,8,13-16,19-20H2,(H2,37,40). The van der Waals surface area contributed by atoms with E-state index in [1.807, 2.05) is 11.0 Å². The van der Waals surface area contributed by atoms with Crippen molar-refractivity contribution in [3.8, 4) is 0 Å². The Morgan fingerprint density at radius 2 is 1.83 bits per heavy atom. The highest BCUT2D eigenvalue weighted by atomic mass is 16.5. The van der Waals surface area contributed by atoms with Crippen molar-refractivity contribution in [2.75, 3.05) is 26.3 Å². The first kappa shape index (κ1) is 25.4.